The van der Waals surface area contributed by atoms with Gasteiger partial charge in [-0.05, 0) is 23.8 Å². The van der Waals surface area contributed by atoms with Crippen LogP contribution in [0.1, 0.15) is 5.56 Å². The lowest BCUT2D eigenvalue weighted by molar-refractivity contribution is -0.386. The van der Waals surface area contributed by atoms with Crippen molar-refractivity contribution < 1.29 is 9.66 Å². The quantitative estimate of drug-likeness (QED) is 0.656. The fraction of sp³-hybridized carbons (Fsp3) is 0.167. The Bertz CT molecular complexity index is 811. The lowest BCUT2D eigenvalue weighted by atomic mass is 10.2. The molecular formula is C12H10BrN3O5. The molecule has 9 heteroatoms. The highest BCUT2D eigenvalue weighted by Gasteiger charge is 2.15. The molecule has 1 N–H and O–H groups in total. The average molecular weight is 356 g/mol. The van der Waals surface area contributed by atoms with Crippen molar-refractivity contribution in [3.63, 3.8) is 0 Å². The summed E-state index contributed by atoms with van der Waals surface area (Å²) < 4.78 is 6.85. The van der Waals surface area contributed by atoms with Gasteiger partial charge in [-0.1, -0.05) is 15.9 Å². The Kier molecular flexibility index (Phi) is 4.22. The van der Waals surface area contributed by atoms with E-state index < -0.39 is 21.9 Å². The molecule has 0 bridgehead atoms. The number of nitrogens with zero attached hydrogens (tertiary/aromatic N) is 2. The molecule has 8 nitrogen and oxygen atoms in total. The lowest BCUT2D eigenvalue weighted by Gasteiger charge is -2.09. The van der Waals surface area contributed by atoms with Crippen molar-refractivity contribution in [3.05, 3.63) is 65.4 Å². The van der Waals surface area contributed by atoms with Gasteiger partial charge in [0.25, 0.3) is 0 Å². The van der Waals surface area contributed by atoms with Gasteiger partial charge in [0.05, 0.1) is 24.8 Å². The Labute approximate surface area is 126 Å². The van der Waals surface area contributed by atoms with Crippen molar-refractivity contribution in [1.82, 2.24) is 9.55 Å². The second-order valence-corrected chi connectivity index (χ2v) is 4.97. The SMILES string of the molecule is COc1ccc(Br)c(Cn2cc([N+](=O)[O-])c(=O)[nH]c2=O)c1. The van der Waals surface area contributed by atoms with Crippen LogP contribution < -0.4 is 16.0 Å². The Hall–Kier alpha value is -2.42. The lowest BCUT2D eigenvalue weighted by Crippen LogP contribution is -2.31. The van der Waals surface area contributed by atoms with Crippen molar-refractivity contribution in [2.45, 2.75) is 6.54 Å². The van der Waals surface area contributed by atoms with Gasteiger partial charge in [0.15, 0.2) is 0 Å². The molecule has 2 aromatic rings. The third kappa shape index (κ3) is 3.19. The van der Waals surface area contributed by atoms with Gasteiger partial charge in [-0.3, -0.25) is 24.5 Å². The predicted molar refractivity (Wildman–Crippen MR) is 77.8 cm³/mol. The number of halogens is 1. The number of methoxy groups -OCH3 is 1. The first-order valence-corrected chi connectivity index (χ1v) is 6.52. The maximum Gasteiger partial charge on any atom is 0.350 e. The topological polar surface area (TPSA) is 107 Å². The first kappa shape index (κ1) is 15.0. The number of nitrogens with one attached hydrogen (secondary N) is 1. The van der Waals surface area contributed by atoms with E-state index in [0.29, 0.717) is 15.8 Å². The molecule has 21 heavy (non-hydrogen) atoms. The maximum absolute atomic E-state index is 11.7. The number of rotatable bonds is 4. The molecule has 1 aromatic carbocycles. The van der Waals surface area contributed by atoms with Gasteiger partial charge < -0.3 is 4.74 Å². The highest BCUT2D eigenvalue weighted by molar-refractivity contribution is 9.10. The zero-order chi connectivity index (χ0) is 15.6. The third-order valence-corrected chi connectivity index (χ3v) is 3.56. The van der Waals surface area contributed by atoms with E-state index in [1.54, 1.807) is 18.2 Å². The summed E-state index contributed by atoms with van der Waals surface area (Å²) in [6.07, 6.45) is 0.924. The number of aromatic amines is 1. The molecule has 0 amide bonds. The van der Waals surface area contributed by atoms with Gasteiger partial charge in [-0.2, -0.15) is 0 Å². The van der Waals surface area contributed by atoms with Crippen LogP contribution >= 0.6 is 15.9 Å². The zero-order valence-corrected chi connectivity index (χ0v) is 12.4. The molecule has 0 aliphatic rings. The normalized spacial score (nSPS) is 10.4. The van der Waals surface area contributed by atoms with Crippen LogP contribution in [-0.2, 0) is 6.54 Å². The zero-order valence-electron chi connectivity index (χ0n) is 10.8. The Morgan fingerprint density at radius 3 is 2.76 bits per heavy atom. The summed E-state index contributed by atoms with van der Waals surface area (Å²) in [5.41, 5.74) is -1.75. The first-order chi connectivity index (χ1) is 9.92. The molecule has 1 aromatic heterocycles. The summed E-state index contributed by atoms with van der Waals surface area (Å²) in [5, 5.41) is 10.7. The monoisotopic (exact) mass is 355 g/mol. The molecule has 0 aliphatic carbocycles. The van der Waals surface area contributed by atoms with E-state index in [0.717, 1.165) is 10.8 Å². The number of ether oxygens (including phenoxy) is 1. The Morgan fingerprint density at radius 2 is 2.14 bits per heavy atom. The van der Waals surface area contributed by atoms with E-state index in [2.05, 4.69) is 15.9 Å². The Balaban J connectivity index is 2.49. The molecule has 0 saturated heterocycles. The molecule has 0 spiro atoms. The van der Waals surface area contributed by atoms with Crippen LogP contribution in [0.2, 0.25) is 0 Å². The summed E-state index contributed by atoms with van der Waals surface area (Å²) in [4.78, 5) is 34.9. The van der Waals surface area contributed by atoms with Crippen molar-refractivity contribution in [1.29, 1.82) is 0 Å². The molecule has 0 fully saturated rings. The molecule has 0 unspecified atom stereocenters. The average Bonchev–Trinajstić information content (AvgIpc) is 2.43. The van der Waals surface area contributed by atoms with Crippen LogP contribution in [0.15, 0.2) is 38.5 Å². The number of aromatic nitrogens is 2. The van der Waals surface area contributed by atoms with Crippen LogP contribution in [0.3, 0.4) is 0 Å². The minimum absolute atomic E-state index is 0.0498. The van der Waals surface area contributed by atoms with Crippen LogP contribution in [0, 0.1) is 10.1 Å². The van der Waals surface area contributed by atoms with Crippen LogP contribution in [0.4, 0.5) is 5.69 Å². The molecule has 110 valence electrons. The summed E-state index contributed by atoms with van der Waals surface area (Å²) >= 11 is 3.33. The molecule has 0 aliphatic heterocycles. The molecule has 0 saturated carbocycles. The van der Waals surface area contributed by atoms with Gasteiger partial charge in [-0.25, -0.2) is 4.79 Å². The van der Waals surface area contributed by atoms with Gasteiger partial charge in [0.1, 0.15) is 5.75 Å². The highest BCUT2D eigenvalue weighted by Crippen LogP contribution is 2.23. The van der Waals surface area contributed by atoms with Gasteiger partial charge in [0.2, 0.25) is 0 Å². The molecule has 0 radical (unpaired) electrons. The highest BCUT2D eigenvalue weighted by atomic mass is 79.9. The molecule has 0 atom stereocenters. The van der Waals surface area contributed by atoms with Crippen LogP contribution in [-0.4, -0.2) is 21.6 Å². The number of H-pyrrole nitrogens is 1. The van der Waals surface area contributed by atoms with E-state index in [-0.39, 0.29) is 6.54 Å². The second-order valence-electron chi connectivity index (χ2n) is 4.12. The van der Waals surface area contributed by atoms with E-state index in [4.69, 9.17) is 4.74 Å². The first-order valence-electron chi connectivity index (χ1n) is 5.73. The van der Waals surface area contributed by atoms with Gasteiger partial charge >= 0.3 is 16.9 Å². The predicted octanol–water partition coefficient (Wildman–Crippen LogP) is 1.26. The van der Waals surface area contributed by atoms with E-state index in [1.807, 2.05) is 4.98 Å². The smallest absolute Gasteiger partial charge is 0.350 e. The second kappa shape index (κ2) is 5.92. The third-order valence-electron chi connectivity index (χ3n) is 2.78. The van der Waals surface area contributed by atoms with Crippen molar-refractivity contribution in [3.8, 4) is 5.75 Å². The molecule has 1 heterocycles. The van der Waals surface area contributed by atoms with E-state index in [9.17, 15) is 19.7 Å². The molecular weight excluding hydrogens is 346 g/mol. The maximum atomic E-state index is 11.7. The fourth-order valence-corrected chi connectivity index (χ4v) is 2.10. The van der Waals surface area contributed by atoms with Gasteiger partial charge in [-0.15, -0.1) is 0 Å². The Morgan fingerprint density at radius 1 is 1.43 bits per heavy atom. The minimum atomic E-state index is -1.02. The number of nitro groups is 1. The number of hydrogen-bond acceptors (Lipinski definition) is 5. The summed E-state index contributed by atoms with van der Waals surface area (Å²) in [6.45, 7) is 0.0498. The van der Waals surface area contributed by atoms with Crippen molar-refractivity contribution >= 4 is 21.6 Å². The van der Waals surface area contributed by atoms with Crippen molar-refractivity contribution in [2.24, 2.45) is 0 Å². The summed E-state index contributed by atoms with van der Waals surface area (Å²) in [7, 11) is 1.50. The number of hydrogen-bond donors (Lipinski definition) is 1. The van der Waals surface area contributed by atoms with Gasteiger partial charge in [0, 0.05) is 4.47 Å². The minimum Gasteiger partial charge on any atom is -0.497 e. The van der Waals surface area contributed by atoms with E-state index in [1.165, 1.54) is 7.11 Å². The largest absolute Gasteiger partial charge is 0.497 e. The van der Waals surface area contributed by atoms with Crippen LogP contribution in [0.5, 0.6) is 5.75 Å². The fourth-order valence-electron chi connectivity index (χ4n) is 1.73. The number of benzene rings is 1. The molecule has 2 rings (SSSR count). The standard InChI is InChI=1S/C12H10BrN3O5/c1-21-8-2-3-9(13)7(4-8)5-15-6-10(16(19)20)11(17)14-12(15)18/h2-4,6H,5H2,1H3,(H,14,17,18). The van der Waals surface area contributed by atoms with Crippen molar-refractivity contribution in [2.75, 3.05) is 7.11 Å². The van der Waals surface area contributed by atoms with E-state index >= 15 is 0 Å². The summed E-state index contributed by atoms with van der Waals surface area (Å²) in [5.74, 6) is 0.583. The summed E-state index contributed by atoms with van der Waals surface area (Å²) in [6, 6.07) is 5.15. The van der Waals surface area contributed by atoms with Crippen LogP contribution in [0.25, 0.3) is 0 Å².